The summed E-state index contributed by atoms with van der Waals surface area (Å²) in [6, 6.07) is 16.0. The number of rotatable bonds is 11. The van der Waals surface area contributed by atoms with Crippen molar-refractivity contribution in [2.75, 3.05) is 17.1 Å². The number of nitrogens with one attached hydrogen (secondary N) is 1. The molecule has 2 rings (SSSR count). The molecule has 180 valence electrons. The van der Waals surface area contributed by atoms with E-state index in [2.05, 4.69) is 5.32 Å². The van der Waals surface area contributed by atoms with Crippen LogP contribution in [-0.4, -0.2) is 50.0 Å². The summed E-state index contributed by atoms with van der Waals surface area (Å²) in [5.74, 6) is -0.405. The summed E-state index contributed by atoms with van der Waals surface area (Å²) >= 11 is 0. The molecule has 2 aromatic carbocycles. The number of carbonyl (C=O) groups is 2. The van der Waals surface area contributed by atoms with Crippen LogP contribution in [0.3, 0.4) is 0 Å². The van der Waals surface area contributed by atoms with E-state index in [0.717, 1.165) is 17.4 Å². The van der Waals surface area contributed by atoms with Gasteiger partial charge in [0.1, 0.15) is 6.04 Å². The number of hydrogen-bond donors (Lipinski definition) is 1. The smallest absolute Gasteiger partial charge is 0.242 e. The first kappa shape index (κ1) is 26.4. The maximum absolute atomic E-state index is 13.2. The second kappa shape index (κ2) is 11.8. The molecule has 33 heavy (non-hydrogen) atoms. The minimum Gasteiger partial charge on any atom is -0.352 e. The van der Waals surface area contributed by atoms with Gasteiger partial charge in [-0.2, -0.15) is 0 Å². The lowest BCUT2D eigenvalue weighted by molar-refractivity contribution is -0.140. The first-order valence-corrected chi connectivity index (χ1v) is 13.0. The minimum absolute atomic E-state index is 0.0370. The number of carbonyl (C=O) groups excluding carboxylic acids is 2. The molecule has 2 amide bonds. The molecule has 1 N–H and O–H groups in total. The van der Waals surface area contributed by atoms with Crippen molar-refractivity contribution in [3.8, 4) is 0 Å². The van der Waals surface area contributed by atoms with Crippen molar-refractivity contribution < 1.29 is 18.0 Å². The number of benzene rings is 2. The minimum atomic E-state index is -3.49. The normalized spacial score (nSPS) is 12.3. The zero-order valence-corrected chi connectivity index (χ0v) is 20.9. The molecule has 1 atom stereocenters. The third kappa shape index (κ3) is 8.20. The summed E-state index contributed by atoms with van der Waals surface area (Å²) in [6.45, 7) is 7.94. The molecule has 7 nitrogen and oxygen atoms in total. The van der Waals surface area contributed by atoms with Crippen LogP contribution in [0.1, 0.15) is 44.7 Å². The monoisotopic (exact) mass is 473 g/mol. The molecule has 0 saturated carbocycles. The van der Waals surface area contributed by atoms with Gasteiger partial charge in [0.25, 0.3) is 0 Å². The van der Waals surface area contributed by atoms with Gasteiger partial charge < -0.3 is 10.2 Å². The van der Waals surface area contributed by atoms with E-state index in [-0.39, 0.29) is 30.8 Å². The van der Waals surface area contributed by atoms with E-state index in [9.17, 15) is 18.0 Å². The molecule has 8 heteroatoms. The van der Waals surface area contributed by atoms with Gasteiger partial charge in [-0.05, 0) is 51.8 Å². The van der Waals surface area contributed by atoms with Gasteiger partial charge in [-0.3, -0.25) is 13.9 Å². The number of hydrogen-bond acceptors (Lipinski definition) is 4. The van der Waals surface area contributed by atoms with E-state index in [1.807, 2.05) is 51.1 Å². The van der Waals surface area contributed by atoms with Gasteiger partial charge in [-0.25, -0.2) is 8.42 Å². The van der Waals surface area contributed by atoms with Crippen LogP contribution in [0.15, 0.2) is 54.6 Å². The summed E-state index contributed by atoms with van der Waals surface area (Å²) in [6.07, 6.45) is 1.62. The van der Waals surface area contributed by atoms with Gasteiger partial charge in [0.2, 0.25) is 21.8 Å². The lowest BCUT2D eigenvalue weighted by Gasteiger charge is -2.30. The zero-order chi connectivity index (χ0) is 24.6. The zero-order valence-electron chi connectivity index (χ0n) is 20.1. The van der Waals surface area contributed by atoms with Crippen LogP contribution in [0.2, 0.25) is 0 Å². The Kier molecular flexibility index (Phi) is 9.46. The van der Waals surface area contributed by atoms with Crippen molar-refractivity contribution in [3.63, 3.8) is 0 Å². The van der Waals surface area contributed by atoms with Crippen LogP contribution in [-0.2, 0) is 26.2 Å². The lowest BCUT2D eigenvalue weighted by atomic mass is 10.1. The highest BCUT2D eigenvalue weighted by Gasteiger charge is 2.27. The summed E-state index contributed by atoms with van der Waals surface area (Å²) in [5, 5.41) is 2.87. The highest BCUT2D eigenvalue weighted by Crippen LogP contribution is 2.19. The Morgan fingerprint density at radius 1 is 1.00 bits per heavy atom. The van der Waals surface area contributed by atoms with E-state index >= 15 is 0 Å². The largest absolute Gasteiger partial charge is 0.352 e. The number of para-hydroxylation sites is 1. The van der Waals surface area contributed by atoms with Crippen molar-refractivity contribution in [2.45, 2.75) is 59.2 Å². The van der Waals surface area contributed by atoms with E-state index in [0.29, 0.717) is 18.7 Å². The van der Waals surface area contributed by atoms with Crippen molar-refractivity contribution in [2.24, 2.45) is 0 Å². The van der Waals surface area contributed by atoms with Crippen molar-refractivity contribution in [1.29, 1.82) is 0 Å². The Balaban J connectivity index is 2.15. The molecule has 0 aliphatic heterocycles. The number of amides is 2. The molecule has 0 saturated heterocycles. The third-order valence-corrected chi connectivity index (χ3v) is 6.42. The van der Waals surface area contributed by atoms with Gasteiger partial charge in [0.15, 0.2) is 0 Å². The highest BCUT2D eigenvalue weighted by molar-refractivity contribution is 7.92. The van der Waals surface area contributed by atoms with Gasteiger partial charge >= 0.3 is 0 Å². The fourth-order valence-electron chi connectivity index (χ4n) is 3.59. The standard InChI is InChI=1S/C25H35N3O4S/c1-19(2)26-25(30)21(4)27(18-22-12-9-11-20(3)17-22)24(29)15-10-16-28(33(5,31)32)23-13-7-6-8-14-23/h6-9,11-14,17,19,21H,10,15-16,18H2,1-5H3,(H,26,30). The van der Waals surface area contributed by atoms with Crippen LogP contribution in [0.5, 0.6) is 0 Å². The average Bonchev–Trinajstić information content (AvgIpc) is 2.73. The molecule has 0 bridgehead atoms. The third-order valence-electron chi connectivity index (χ3n) is 5.23. The summed E-state index contributed by atoms with van der Waals surface area (Å²) in [4.78, 5) is 27.4. The molecular weight excluding hydrogens is 438 g/mol. The first-order valence-electron chi connectivity index (χ1n) is 11.2. The van der Waals surface area contributed by atoms with E-state index in [1.165, 1.54) is 4.31 Å². The second-order valence-electron chi connectivity index (χ2n) is 8.62. The molecule has 0 aliphatic rings. The molecule has 0 spiro atoms. The van der Waals surface area contributed by atoms with Gasteiger partial charge in [0, 0.05) is 25.6 Å². The lowest BCUT2D eigenvalue weighted by Crippen LogP contribution is -2.49. The van der Waals surface area contributed by atoms with Gasteiger partial charge in [0.05, 0.1) is 11.9 Å². The summed E-state index contributed by atoms with van der Waals surface area (Å²) in [7, 11) is -3.49. The number of anilines is 1. The molecule has 0 fully saturated rings. The van der Waals surface area contributed by atoms with Crippen molar-refractivity contribution >= 4 is 27.5 Å². The second-order valence-corrected chi connectivity index (χ2v) is 10.5. The number of aryl methyl sites for hydroxylation is 1. The first-order chi connectivity index (χ1) is 15.5. The summed E-state index contributed by atoms with van der Waals surface area (Å²) in [5.41, 5.74) is 2.58. The highest BCUT2D eigenvalue weighted by atomic mass is 32.2. The predicted molar refractivity (Wildman–Crippen MR) is 132 cm³/mol. The maximum Gasteiger partial charge on any atom is 0.242 e. The Morgan fingerprint density at radius 2 is 1.67 bits per heavy atom. The molecule has 0 aromatic heterocycles. The molecular formula is C25H35N3O4S. The fraction of sp³-hybridized carbons (Fsp3) is 0.440. The molecule has 0 radical (unpaired) electrons. The van der Waals surface area contributed by atoms with Crippen LogP contribution in [0.4, 0.5) is 5.69 Å². The molecule has 2 aromatic rings. The Labute approximate surface area is 197 Å². The fourth-order valence-corrected chi connectivity index (χ4v) is 4.56. The predicted octanol–water partition coefficient (Wildman–Crippen LogP) is 3.48. The van der Waals surface area contributed by atoms with Crippen LogP contribution in [0.25, 0.3) is 0 Å². The topological polar surface area (TPSA) is 86.8 Å². The number of nitrogens with zero attached hydrogens (tertiary/aromatic N) is 2. The Morgan fingerprint density at radius 3 is 2.24 bits per heavy atom. The quantitative estimate of drug-likeness (QED) is 0.541. The van der Waals surface area contributed by atoms with Gasteiger partial charge in [-0.15, -0.1) is 0 Å². The average molecular weight is 474 g/mol. The summed E-state index contributed by atoms with van der Waals surface area (Å²) < 4.78 is 25.9. The SMILES string of the molecule is Cc1cccc(CN(C(=O)CCCN(c2ccccc2)S(C)(=O)=O)C(C)C(=O)NC(C)C)c1. The maximum atomic E-state index is 13.2. The van der Waals surface area contributed by atoms with Crippen molar-refractivity contribution in [3.05, 3.63) is 65.7 Å². The van der Waals surface area contributed by atoms with Crippen LogP contribution in [0, 0.1) is 6.92 Å². The van der Waals surface area contributed by atoms with Crippen LogP contribution >= 0.6 is 0 Å². The van der Waals surface area contributed by atoms with Gasteiger partial charge in [-0.1, -0.05) is 48.0 Å². The van der Waals surface area contributed by atoms with E-state index in [1.54, 1.807) is 36.1 Å². The van der Waals surface area contributed by atoms with Crippen molar-refractivity contribution in [1.82, 2.24) is 10.2 Å². The van der Waals surface area contributed by atoms with Crippen LogP contribution < -0.4 is 9.62 Å². The van der Waals surface area contributed by atoms with E-state index < -0.39 is 16.1 Å². The Bertz CT molecular complexity index is 1040. The molecule has 1 unspecified atom stereocenters. The van der Waals surface area contributed by atoms with E-state index in [4.69, 9.17) is 0 Å². The molecule has 0 aliphatic carbocycles. The number of sulfonamides is 1. The molecule has 0 heterocycles. The Hall–Kier alpha value is -2.87.